The Kier molecular flexibility index (Phi) is 5.88. The van der Waals surface area contributed by atoms with Crippen molar-refractivity contribution in [2.45, 2.75) is 25.5 Å². The molecular formula is C18H18FN3O2. The molecule has 2 aromatic carbocycles. The van der Waals surface area contributed by atoms with E-state index in [2.05, 4.69) is 10.6 Å². The average Bonchev–Trinajstić information content (AvgIpc) is 2.57. The van der Waals surface area contributed by atoms with E-state index < -0.39 is 18.0 Å². The fourth-order valence-corrected chi connectivity index (χ4v) is 2.28. The molecule has 0 aliphatic heterocycles. The highest BCUT2D eigenvalue weighted by Gasteiger charge is 2.14. The third-order valence-corrected chi connectivity index (χ3v) is 3.48. The molecule has 0 fully saturated rings. The number of halogens is 1. The summed E-state index contributed by atoms with van der Waals surface area (Å²) in [5.41, 5.74) is 0.963. The van der Waals surface area contributed by atoms with Crippen LogP contribution in [0.4, 0.5) is 14.9 Å². The number of carbonyl (C=O) groups is 1. The van der Waals surface area contributed by atoms with Crippen LogP contribution in [0, 0.1) is 17.1 Å². The number of nitriles is 1. The normalized spacial score (nSPS) is 12.8. The summed E-state index contributed by atoms with van der Waals surface area (Å²) in [6.07, 6.45) is -0.331. The largest absolute Gasteiger partial charge is 0.388 e. The Morgan fingerprint density at radius 3 is 2.67 bits per heavy atom. The molecular weight excluding hydrogens is 309 g/mol. The fourth-order valence-electron chi connectivity index (χ4n) is 2.28. The van der Waals surface area contributed by atoms with Crippen molar-refractivity contribution in [3.05, 3.63) is 65.5 Å². The number of aliphatic hydroxyl groups is 1. The molecule has 0 heterocycles. The average molecular weight is 327 g/mol. The molecule has 3 N–H and O–H groups in total. The van der Waals surface area contributed by atoms with Crippen LogP contribution >= 0.6 is 0 Å². The second-order valence-corrected chi connectivity index (χ2v) is 5.47. The molecule has 5 nitrogen and oxygen atoms in total. The second-order valence-electron chi connectivity index (χ2n) is 5.47. The van der Waals surface area contributed by atoms with E-state index in [4.69, 9.17) is 5.26 Å². The zero-order valence-electron chi connectivity index (χ0n) is 13.2. The fraction of sp³-hybridized carbons (Fsp3) is 0.222. The molecule has 0 aliphatic rings. The van der Waals surface area contributed by atoms with E-state index >= 15 is 0 Å². The molecule has 2 unspecified atom stereocenters. The minimum atomic E-state index is -0.683. The van der Waals surface area contributed by atoms with Gasteiger partial charge >= 0.3 is 6.03 Å². The number of nitrogens with zero attached hydrogens (tertiary/aromatic N) is 1. The van der Waals surface area contributed by atoms with Gasteiger partial charge in [0, 0.05) is 11.7 Å². The van der Waals surface area contributed by atoms with E-state index in [1.165, 1.54) is 12.1 Å². The number of aliphatic hydroxyl groups excluding tert-OH is 1. The highest BCUT2D eigenvalue weighted by Crippen LogP contribution is 2.18. The van der Waals surface area contributed by atoms with Gasteiger partial charge in [-0.15, -0.1) is 0 Å². The van der Waals surface area contributed by atoms with Gasteiger partial charge in [-0.2, -0.15) is 5.26 Å². The standard InChI is InChI=1S/C18H18FN3O2/c1-12(9-17(23)13-5-3-2-4-6-13)21-18(24)22-15-7-8-16(19)14(10-15)11-20/h2-8,10,12,17,23H,9H2,1H3,(H2,21,22,24). The van der Waals surface area contributed by atoms with Gasteiger partial charge in [0.15, 0.2) is 0 Å². The topological polar surface area (TPSA) is 85.2 Å². The number of nitrogens with one attached hydrogen (secondary N) is 2. The van der Waals surface area contributed by atoms with Crippen molar-refractivity contribution in [2.75, 3.05) is 5.32 Å². The molecule has 0 saturated heterocycles. The van der Waals surface area contributed by atoms with Crippen molar-refractivity contribution in [3.63, 3.8) is 0 Å². The summed E-state index contributed by atoms with van der Waals surface area (Å²) in [5, 5.41) is 24.2. The van der Waals surface area contributed by atoms with Gasteiger partial charge in [-0.3, -0.25) is 0 Å². The maximum absolute atomic E-state index is 13.2. The third-order valence-electron chi connectivity index (χ3n) is 3.48. The first-order chi connectivity index (χ1) is 11.5. The molecule has 0 spiro atoms. The SMILES string of the molecule is CC(CC(O)c1ccccc1)NC(=O)Nc1ccc(F)c(C#N)c1. The van der Waals surface area contributed by atoms with E-state index in [1.807, 2.05) is 30.3 Å². The van der Waals surface area contributed by atoms with E-state index in [0.29, 0.717) is 12.1 Å². The van der Waals surface area contributed by atoms with Crippen LogP contribution in [0.15, 0.2) is 48.5 Å². The Bertz CT molecular complexity index is 744. The van der Waals surface area contributed by atoms with Crippen molar-refractivity contribution in [2.24, 2.45) is 0 Å². The van der Waals surface area contributed by atoms with Gasteiger partial charge in [-0.25, -0.2) is 9.18 Å². The molecule has 0 bridgehead atoms. The summed E-state index contributed by atoms with van der Waals surface area (Å²) in [5.74, 6) is -0.636. The summed E-state index contributed by atoms with van der Waals surface area (Å²) < 4.78 is 13.2. The van der Waals surface area contributed by atoms with Gasteiger partial charge in [0.25, 0.3) is 0 Å². The Morgan fingerprint density at radius 1 is 1.29 bits per heavy atom. The lowest BCUT2D eigenvalue weighted by Crippen LogP contribution is -2.37. The first kappa shape index (κ1) is 17.4. The predicted octanol–water partition coefficient (Wildman–Crippen LogP) is 3.33. The lowest BCUT2D eigenvalue weighted by atomic mass is 10.0. The van der Waals surface area contributed by atoms with Crippen LogP contribution in [0.25, 0.3) is 0 Å². The summed E-state index contributed by atoms with van der Waals surface area (Å²) in [6, 6.07) is 13.9. The molecule has 6 heteroatoms. The number of amides is 2. The summed E-state index contributed by atoms with van der Waals surface area (Å²) in [7, 11) is 0. The minimum Gasteiger partial charge on any atom is -0.388 e. The number of benzene rings is 2. The maximum atomic E-state index is 13.2. The second kappa shape index (κ2) is 8.09. The van der Waals surface area contributed by atoms with Crippen molar-refractivity contribution < 1.29 is 14.3 Å². The number of anilines is 1. The van der Waals surface area contributed by atoms with Crippen LogP contribution in [0.2, 0.25) is 0 Å². The molecule has 24 heavy (non-hydrogen) atoms. The monoisotopic (exact) mass is 327 g/mol. The predicted molar refractivity (Wildman–Crippen MR) is 88.8 cm³/mol. The Labute approximate surface area is 139 Å². The van der Waals surface area contributed by atoms with Crippen LogP contribution in [-0.2, 0) is 0 Å². The Balaban J connectivity index is 1.89. The van der Waals surface area contributed by atoms with Crippen molar-refractivity contribution in [1.29, 1.82) is 5.26 Å². The highest BCUT2D eigenvalue weighted by molar-refractivity contribution is 5.89. The third kappa shape index (κ3) is 4.80. The number of rotatable bonds is 5. The summed E-state index contributed by atoms with van der Waals surface area (Å²) >= 11 is 0. The molecule has 0 aromatic heterocycles. The molecule has 2 amide bonds. The smallest absolute Gasteiger partial charge is 0.319 e. The van der Waals surface area contributed by atoms with E-state index in [9.17, 15) is 14.3 Å². The van der Waals surface area contributed by atoms with Crippen LogP contribution in [0.5, 0.6) is 0 Å². The lowest BCUT2D eigenvalue weighted by molar-refractivity contribution is 0.155. The minimum absolute atomic E-state index is 0.139. The summed E-state index contributed by atoms with van der Waals surface area (Å²) in [6.45, 7) is 1.77. The molecule has 0 aliphatic carbocycles. The van der Waals surface area contributed by atoms with Crippen molar-refractivity contribution in [1.82, 2.24) is 5.32 Å². The van der Waals surface area contributed by atoms with Gasteiger partial charge in [0.2, 0.25) is 0 Å². The first-order valence-corrected chi connectivity index (χ1v) is 7.49. The van der Waals surface area contributed by atoms with Gasteiger partial charge in [0.05, 0.1) is 11.7 Å². The van der Waals surface area contributed by atoms with E-state index in [-0.39, 0.29) is 11.6 Å². The van der Waals surface area contributed by atoms with E-state index in [0.717, 1.165) is 11.6 Å². The van der Waals surface area contributed by atoms with Crippen LogP contribution in [0.3, 0.4) is 0 Å². The molecule has 2 rings (SSSR count). The molecule has 0 saturated carbocycles. The van der Waals surface area contributed by atoms with Crippen molar-refractivity contribution in [3.8, 4) is 6.07 Å². The molecule has 124 valence electrons. The van der Waals surface area contributed by atoms with Crippen molar-refractivity contribution >= 4 is 11.7 Å². The molecule has 2 atom stereocenters. The van der Waals surface area contributed by atoms with Gasteiger partial charge < -0.3 is 15.7 Å². The van der Waals surface area contributed by atoms with Gasteiger partial charge in [-0.1, -0.05) is 30.3 Å². The number of urea groups is 1. The highest BCUT2D eigenvalue weighted by atomic mass is 19.1. The van der Waals surface area contributed by atoms with Crippen LogP contribution < -0.4 is 10.6 Å². The van der Waals surface area contributed by atoms with E-state index in [1.54, 1.807) is 13.0 Å². The number of carbonyl (C=O) groups excluding carboxylic acids is 1. The van der Waals surface area contributed by atoms with Crippen LogP contribution in [-0.4, -0.2) is 17.2 Å². The molecule has 2 aromatic rings. The molecule has 0 radical (unpaired) electrons. The van der Waals surface area contributed by atoms with Gasteiger partial charge in [-0.05, 0) is 37.1 Å². The first-order valence-electron chi connectivity index (χ1n) is 7.49. The Morgan fingerprint density at radius 2 is 2.00 bits per heavy atom. The summed E-state index contributed by atoms with van der Waals surface area (Å²) in [4.78, 5) is 11.9. The number of hydrogen-bond donors (Lipinski definition) is 3. The Hall–Kier alpha value is -2.91. The maximum Gasteiger partial charge on any atom is 0.319 e. The zero-order valence-corrected chi connectivity index (χ0v) is 13.2. The zero-order chi connectivity index (χ0) is 17.5. The lowest BCUT2D eigenvalue weighted by Gasteiger charge is -2.18. The van der Waals surface area contributed by atoms with Gasteiger partial charge in [0.1, 0.15) is 11.9 Å². The number of hydrogen-bond acceptors (Lipinski definition) is 3. The van der Waals surface area contributed by atoms with Crippen LogP contribution in [0.1, 0.15) is 30.6 Å². The quantitative estimate of drug-likeness (QED) is 0.787.